The van der Waals surface area contributed by atoms with Crippen molar-refractivity contribution in [3.8, 4) is 12.3 Å². The van der Waals surface area contributed by atoms with Crippen LogP contribution >= 0.6 is 11.3 Å². The Labute approximate surface area is 77.0 Å². The molecule has 0 spiro atoms. The lowest BCUT2D eigenvalue weighted by Crippen LogP contribution is -2.14. The van der Waals surface area contributed by atoms with E-state index in [1.54, 1.807) is 11.3 Å². The van der Waals surface area contributed by atoms with Crippen LogP contribution in [-0.4, -0.2) is 11.5 Å². The molecule has 12 heavy (non-hydrogen) atoms. The first-order chi connectivity index (χ1) is 5.93. The Balaban J connectivity index is 2.01. The van der Waals surface area contributed by atoms with E-state index in [9.17, 15) is 0 Å². The van der Waals surface area contributed by atoms with Gasteiger partial charge in [0.05, 0.1) is 0 Å². The van der Waals surface area contributed by atoms with Crippen molar-refractivity contribution in [2.75, 3.05) is 6.54 Å². The van der Waals surface area contributed by atoms with E-state index in [0.29, 0.717) is 0 Å². The summed E-state index contributed by atoms with van der Waals surface area (Å²) in [7, 11) is 0. The normalized spacial score (nSPS) is 9.58. The van der Waals surface area contributed by atoms with Gasteiger partial charge in [-0.2, -0.15) is 0 Å². The first kappa shape index (κ1) is 9.24. The third-order valence-electron chi connectivity index (χ3n) is 1.43. The minimum atomic E-state index is 0.852. The molecule has 0 amide bonds. The Bertz CT molecular complexity index is 236. The van der Waals surface area contributed by atoms with Crippen molar-refractivity contribution in [1.82, 2.24) is 10.3 Å². The molecule has 1 aromatic rings. The summed E-state index contributed by atoms with van der Waals surface area (Å²) < 4.78 is 0. The minimum absolute atomic E-state index is 0.852. The van der Waals surface area contributed by atoms with Crippen molar-refractivity contribution in [2.45, 2.75) is 19.4 Å². The SMILES string of the molecule is C#CCCCNCc1nccs1. The van der Waals surface area contributed by atoms with E-state index >= 15 is 0 Å². The Morgan fingerprint density at radius 2 is 2.58 bits per heavy atom. The second-order valence-corrected chi connectivity index (χ2v) is 3.39. The third kappa shape index (κ3) is 3.51. The quantitative estimate of drug-likeness (QED) is 0.550. The van der Waals surface area contributed by atoms with Gasteiger partial charge in [-0.1, -0.05) is 0 Å². The van der Waals surface area contributed by atoms with E-state index in [1.165, 1.54) is 0 Å². The Hall–Kier alpha value is -0.850. The molecule has 1 N–H and O–H groups in total. The summed E-state index contributed by atoms with van der Waals surface area (Å²) in [6.07, 6.45) is 8.84. The molecule has 0 saturated heterocycles. The maximum absolute atomic E-state index is 5.12. The molecular formula is C9H12N2S. The summed E-state index contributed by atoms with van der Waals surface area (Å²) in [5.74, 6) is 2.61. The van der Waals surface area contributed by atoms with E-state index in [1.807, 2.05) is 11.6 Å². The van der Waals surface area contributed by atoms with Gasteiger partial charge in [0, 0.05) is 24.5 Å². The molecule has 3 heteroatoms. The monoisotopic (exact) mass is 180 g/mol. The van der Waals surface area contributed by atoms with Crippen LogP contribution in [0.5, 0.6) is 0 Å². The lowest BCUT2D eigenvalue weighted by atomic mass is 10.3. The fraction of sp³-hybridized carbons (Fsp3) is 0.444. The maximum atomic E-state index is 5.12. The first-order valence-corrected chi connectivity index (χ1v) is 4.84. The zero-order valence-corrected chi connectivity index (χ0v) is 7.73. The number of aromatic nitrogens is 1. The summed E-state index contributed by atoms with van der Waals surface area (Å²) >= 11 is 1.67. The molecule has 0 radical (unpaired) electrons. The van der Waals surface area contributed by atoms with Crippen molar-refractivity contribution < 1.29 is 0 Å². The molecule has 1 heterocycles. The highest BCUT2D eigenvalue weighted by atomic mass is 32.1. The minimum Gasteiger partial charge on any atom is -0.310 e. The van der Waals surface area contributed by atoms with Crippen LogP contribution in [0, 0.1) is 12.3 Å². The van der Waals surface area contributed by atoms with Crippen LogP contribution in [0.2, 0.25) is 0 Å². The highest BCUT2D eigenvalue weighted by Gasteiger charge is 1.92. The number of unbranched alkanes of at least 4 members (excludes halogenated alkanes) is 1. The van der Waals surface area contributed by atoms with Crippen LogP contribution in [0.3, 0.4) is 0 Å². The number of terminal acetylenes is 1. The Morgan fingerprint density at radius 1 is 1.67 bits per heavy atom. The molecule has 0 aromatic carbocycles. The number of thiazole rings is 1. The predicted octanol–water partition coefficient (Wildman–Crippen LogP) is 1.65. The van der Waals surface area contributed by atoms with Gasteiger partial charge in [-0.05, 0) is 13.0 Å². The zero-order chi connectivity index (χ0) is 8.65. The van der Waals surface area contributed by atoms with E-state index in [4.69, 9.17) is 6.42 Å². The summed E-state index contributed by atoms with van der Waals surface area (Å²) in [4.78, 5) is 4.15. The van der Waals surface area contributed by atoms with Gasteiger partial charge in [-0.3, -0.25) is 0 Å². The Kier molecular flexibility index (Phi) is 4.43. The van der Waals surface area contributed by atoms with Crippen LogP contribution in [0.4, 0.5) is 0 Å². The molecular weight excluding hydrogens is 168 g/mol. The molecule has 1 aromatic heterocycles. The van der Waals surface area contributed by atoms with Gasteiger partial charge in [-0.25, -0.2) is 4.98 Å². The van der Waals surface area contributed by atoms with Crippen molar-refractivity contribution >= 4 is 11.3 Å². The summed E-state index contributed by atoms with van der Waals surface area (Å²) in [5, 5.41) is 6.39. The van der Waals surface area contributed by atoms with E-state index in [0.717, 1.165) is 30.9 Å². The standard InChI is InChI=1S/C9H12N2S/c1-2-3-4-5-10-8-9-11-6-7-12-9/h1,6-7,10H,3-5,8H2. The van der Waals surface area contributed by atoms with E-state index < -0.39 is 0 Å². The molecule has 1 rings (SSSR count). The summed E-state index contributed by atoms with van der Waals surface area (Å²) in [6.45, 7) is 1.84. The van der Waals surface area contributed by atoms with Crippen LogP contribution in [0.1, 0.15) is 17.8 Å². The maximum Gasteiger partial charge on any atom is 0.106 e. The number of hydrogen-bond acceptors (Lipinski definition) is 3. The third-order valence-corrected chi connectivity index (χ3v) is 2.21. The number of nitrogens with one attached hydrogen (secondary N) is 1. The Morgan fingerprint density at radius 3 is 3.25 bits per heavy atom. The van der Waals surface area contributed by atoms with Gasteiger partial charge in [-0.15, -0.1) is 23.7 Å². The van der Waals surface area contributed by atoms with Gasteiger partial charge >= 0.3 is 0 Å². The largest absolute Gasteiger partial charge is 0.310 e. The van der Waals surface area contributed by atoms with Crippen molar-refractivity contribution in [1.29, 1.82) is 0 Å². The van der Waals surface area contributed by atoms with Crippen molar-refractivity contribution in [3.05, 3.63) is 16.6 Å². The fourth-order valence-electron chi connectivity index (χ4n) is 0.851. The van der Waals surface area contributed by atoms with Gasteiger partial charge < -0.3 is 5.32 Å². The van der Waals surface area contributed by atoms with Gasteiger partial charge in [0.15, 0.2) is 0 Å². The molecule has 0 fully saturated rings. The predicted molar refractivity (Wildman–Crippen MR) is 51.9 cm³/mol. The molecule has 64 valence electrons. The average molecular weight is 180 g/mol. The van der Waals surface area contributed by atoms with E-state index in [-0.39, 0.29) is 0 Å². The number of hydrogen-bond donors (Lipinski definition) is 1. The lowest BCUT2D eigenvalue weighted by Gasteiger charge is -1.98. The highest BCUT2D eigenvalue weighted by Crippen LogP contribution is 2.02. The smallest absolute Gasteiger partial charge is 0.106 e. The number of nitrogens with zero attached hydrogens (tertiary/aromatic N) is 1. The lowest BCUT2D eigenvalue weighted by molar-refractivity contribution is 0.657. The second kappa shape index (κ2) is 5.76. The molecule has 0 unspecified atom stereocenters. The van der Waals surface area contributed by atoms with Gasteiger partial charge in [0.1, 0.15) is 5.01 Å². The summed E-state index contributed by atoms with van der Waals surface area (Å²) in [5.41, 5.74) is 0. The van der Waals surface area contributed by atoms with Gasteiger partial charge in [0.25, 0.3) is 0 Å². The highest BCUT2D eigenvalue weighted by molar-refractivity contribution is 7.09. The van der Waals surface area contributed by atoms with Crippen LogP contribution in [0.15, 0.2) is 11.6 Å². The zero-order valence-electron chi connectivity index (χ0n) is 6.92. The van der Waals surface area contributed by atoms with E-state index in [2.05, 4.69) is 16.2 Å². The first-order valence-electron chi connectivity index (χ1n) is 3.96. The molecule has 0 bridgehead atoms. The van der Waals surface area contributed by atoms with Gasteiger partial charge in [0.2, 0.25) is 0 Å². The van der Waals surface area contributed by atoms with Crippen molar-refractivity contribution in [2.24, 2.45) is 0 Å². The van der Waals surface area contributed by atoms with Crippen LogP contribution in [0.25, 0.3) is 0 Å². The molecule has 0 aliphatic rings. The molecule has 0 atom stereocenters. The van der Waals surface area contributed by atoms with Crippen LogP contribution in [-0.2, 0) is 6.54 Å². The van der Waals surface area contributed by atoms with Crippen LogP contribution < -0.4 is 5.32 Å². The molecule has 0 saturated carbocycles. The molecule has 2 nitrogen and oxygen atoms in total. The fourth-order valence-corrected chi connectivity index (χ4v) is 1.44. The second-order valence-electron chi connectivity index (χ2n) is 2.41. The number of rotatable bonds is 5. The topological polar surface area (TPSA) is 24.9 Å². The average Bonchev–Trinajstić information content (AvgIpc) is 2.57. The summed E-state index contributed by atoms with van der Waals surface area (Å²) in [6, 6.07) is 0. The molecule has 0 aliphatic carbocycles. The van der Waals surface area contributed by atoms with Crippen molar-refractivity contribution in [3.63, 3.8) is 0 Å². The molecule has 0 aliphatic heterocycles.